The summed E-state index contributed by atoms with van der Waals surface area (Å²) in [5.74, 6) is 1.01. The van der Waals surface area contributed by atoms with Crippen LogP contribution in [0.3, 0.4) is 0 Å². The molecule has 0 aliphatic heterocycles. The number of hydrogen-bond donors (Lipinski definition) is 2. The number of pyridine rings is 1. The van der Waals surface area contributed by atoms with Crippen LogP contribution >= 0.6 is 11.3 Å². The minimum Gasteiger partial charge on any atom is -0.503 e. The van der Waals surface area contributed by atoms with Crippen molar-refractivity contribution in [2.24, 2.45) is 0 Å². The van der Waals surface area contributed by atoms with Crippen LogP contribution < -0.4 is 19.5 Å². The van der Waals surface area contributed by atoms with Crippen LogP contribution in [0.1, 0.15) is 10.5 Å². The number of carbonyl (C=O) groups excluding carboxylic acids is 1. The number of benzene rings is 2. The molecule has 2 heterocycles. The van der Waals surface area contributed by atoms with Crippen molar-refractivity contribution in [1.82, 2.24) is 9.97 Å². The fraction of sp³-hybridized carbons (Fsp3) is 0.174. The highest BCUT2D eigenvalue weighted by molar-refractivity contribution is 7.22. The van der Waals surface area contributed by atoms with Crippen molar-refractivity contribution in [3.8, 4) is 28.7 Å². The number of para-hydroxylation sites is 2. The van der Waals surface area contributed by atoms with Crippen LogP contribution in [-0.2, 0) is 4.74 Å². The first-order chi connectivity index (χ1) is 16.1. The molecule has 2 N–H and O–H groups in total. The van der Waals surface area contributed by atoms with E-state index in [1.54, 1.807) is 19.2 Å². The van der Waals surface area contributed by atoms with E-state index in [2.05, 4.69) is 15.3 Å². The van der Waals surface area contributed by atoms with Gasteiger partial charge in [0.1, 0.15) is 12.4 Å². The van der Waals surface area contributed by atoms with Crippen molar-refractivity contribution in [3.63, 3.8) is 0 Å². The minimum absolute atomic E-state index is 0.150. The molecule has 2 aromatic heterocycles. The van der Waals surface area contributed by atoms with E-state index in [0.717, 1.165) is 4.70 Å². The topological polar surface area (TPSA) is 112 Å². The van der Waals surface area contributed by atoms with Gasteiger partial charge in [0.2, 0.25) is 0 Å². The number of carbonyl (C=O) groups is 1. The molecular weight excluding hydrogens is 446 g/mol. The van der Waals surface area contributed by atoms with E-state index in [4.69, 9.17) is 18.9 Å². The molecule has 0 atom stereocenters. The summed E-state index contributed by atoms with van der Waals surface area (Å²) in [6.45, 7) is 0.879. The van der Waals surface area contributed by atoms with Gasteiger partial charge in [-0.1, -0.05) is 23.5 Å². The molecule has 4 rings (SSSR count). The lowest BCUT2D eigenvalue weighted by molar-refractivity contribution is 0.101. The largest absolute Gasteiger partial charge is 0.503 e. The molecule has 0 saturated heterocycles. The van der Waals surface area contributed by atoms with Gasteiger partial charge in [0.15, 0.2) is 33.8 Å². The molecular formula is C23H21N3O6S. The number of methoxy groups -OCH3 is 2. The first-order valence-electron chi connectivity index (χ1n) is 9.91. The van der Waals surface area contributed by atoms with E-state index in [1.165, 1.54) is 30.7 Å². The lowest BCUT2D eigenvalue weighted by Gasteiger charge is -2.12. The first-order valence-corrected chi connectivity index (χ1v) is 10.7. The van der Waals surface area contributed by atoms with Gasteiger partial charge < -0.3 is 24.1 Å². The Balaban J connectivity index is 1.51. The Morgan fingerprint density at radius 3 is 2.67 bits per heavy atom. The molecule has 0 unspecified atom stereocenters. The highest BCUT2D eigenvalue weighted by Crippen LogP contribution is 2.35. The normalized spacial score (nSPS) is 10.7. The minimum atomic E-state index is -0.593. The lowest BCUT2D eigenvalue weighted by Crippen LogP contribution is -2.13. The highest BCUT2D eigenvalue weighted by atomic mass is 32.1. The molecule has 0 aliphatic rings. The van der Waals surface area contributed by atoms with Gasteiger partial charge in [-0.15, -0.1) is 0 Å². The molecule has 0 fully saturated rings. The van der Waals surface area contributed by atoms with Crippen molar-refractivity contribution in [3.05, 3.63) is 60.4 Å². The van der Waals surface area contributed by atoms with Crippen molar-refractivity contribution >= 4 is 32.6 Å². The summed E-state index contributed by atoms with van der Waals surface area (Å²) < 4.78 is 22.6. The molecule has 2 aromatic carbocycles. The maximum absolute atomic E-state index is 12.6. The molecule has 33 heavy (non-hydrogen) atoms. The first kappa shape index (κ1) is 22.3. The van der Waals surface area contributed by atoms with Gasteiger partial charge in [-0.2, -0.15) is 0 Å². The number of rotatable bonds is 9. The van der Waals surface area contributed by atoms with Crippen LogP contribution in [0.4, 0.5) is 5.13 Å². The van der Waals surface area contributed by atoms with Crippen LogP contribution in [-0.4, -0.2) is 48.4 Å². The number of anilines is 1. The zero-order valence-electron chi connectivity index (χ0n) is 17.9. The van der Waals surface area contributed by atoms with Crippen molar-refractivity contribution in [1.29, 1.82) is 0 Å². The second-order valence-corrected chi connectivity index (χ2v) is 7.73. The Bertz CT molecular complexity index is 1280. The fourth-order valence-corrected chi connectivity index (χ4v) is 3.85. The Kier molecular flexibility index (Phi) is 6.86. The summed E-state index contributed by atoms with van der Waals surface area (Å²) in [6.07, 6.45) is 1.38. The molecule has 170 valence electrons. The van der Waals surface area contributed by atoms with Crippen LogP contribution in [0.5, 0.6) is 28.7 Å². The van der Waals surface area contributed by atoms with E-state index in [0.29, 0.717) is 41.1 Å². The van der Waals surface area contributed by atoms with Gasteiger partial charge in [-0.05, 0) is 24.3 Å². The van der Waals surface area contributed by atoms with E-state index < -0.39 is 5.91 Å². The number of hydrogen-bond acceptors (Lipinski definition) is 9. The van der Waals surface area contributed by atoms with Crippen LogP contribution in [0, 0.1) is 0 Å². The number of fused-ring (bicyclic) bond motifs is 1. The van der Waals surface area contributed by atoms with Gasteiger partial charge in [-0.3, -0.25) is 10.1 Å². The summed E-state index contributed by atoms with van der Waals surface area (Å²) in [4.78, 5) is 20.9. The molecule has 1 amide bonds. The molecule has 0 radical (unpaired) electrons. The number of thiazole rings is 1. The third-order valence-electron chi connectivity index (χ3n) is 4.52. The van der Waals surface area contributed by atoms with Crippen molar-refractivity contribution in [2.75, 3.05) is 32.8 Å². The number of nitrogens with zero attached hydrogens (tertiary/aromatic N) is 2. The summed E-state index contributed by atoms with van der Waals surface area (Å²) in [6, 6.07) is 14.2. The third kappa shape index (κ3) is 5.13. The summed E-state index contributed by atoms with van der Waals surface area (Å²) >= 11 is 1.27. The maximum Gasteiger partial charge on any atom is 0.280 e. The van der Waals surface area contributed by atoms with Gasteiger partial charge in [0.05, 0.1) is 23.9 Å². The van der Waals surface area contributed by atoms with E-state index in [1.807, 2.05) is 30.3 Å². The van der Waals surface area contributed by atoms with Crippen LogP contribution in [0.15, 0.2) is 54.7 Å². The molecule has 0 bridgehead atoms. The van der Waals surface area contributed by atoms with Crippen LogP contribution in [0.25, 0.3) is 10.2 Å². The molecule has 0 aliphatic carbocycles. The number of aromatic nitrogens is 2. The average Bonchev–Trinajstić information content (AvgIpc) is 3.22. The number of amides is 1. The molecule has 10 heteroatoms. The van der Waals surface area contributed by atoms with Gasteiger partial charge in [0, 0.05) is 25.4 Å². The zero-order valence-corrected chi connectivity index (χ0v) is 18.7. The molecule has 4 aromatic rings. The second-order valence-electron chi connectivity index (χ2n) is 6.70. The Morgan fingerprint density at radius 2 is 1.88 bits per heavy atom. The average molecular weight is 468 g/mol. The monoisotopic (exact) mass is 467 g/mol. The molecule has 0 saturated carbocycles. The fourth-order valence-electron chi connectivity index (χ4n) is 2.96. The SMILES string of the molecule is COCCOc1ccccc1Oc1ccc2nc(NC(=O)c3nccc(OC)c3O)sc2c1. The molecule has 0 spiro atoms. The van der Waals surface area contributed by atoms with E-state index in [9.17, 15) is 9.90 Å². The zero-order chi connectivity index (χ0) is 23.2. The maximum atomic E-state index is 12.6. The van der Waals surface area contributed by atoms with Crippen molar-refractivity contribution in [2.45, 2.75) is 0 Å². The van der Waals surface area contributed by atoms with Crippen molar-refractivity contribution < 1.29 is 28.8 Å². The smallest absolute Gasteiger partial charge is 0.280 e. The standard InChI is InChI=1S/C23H21N3O6S/c1-29-11-12-31-16-5-3-4-6-17(16)32-14-7-8-15-19(13-14)33-23(25-15)26-22(28)20-21(27)18(30-2)9-10-24-20/h3-10,13,27H,11-12H2,1-2H3,(H,25,26,28). The Morgan fingerprint density at radius 1 is 1.06 bits per heavy atom. The van der Waals surface area contributed by atoms with E-state index in [-0.39, 0.29) is 17.2 Å². The van der Waals surface area contributed by atoms with Crippen LogP contribution in [0.2, 0.25) is 0 Å². The summed E-state index contributed by atoms with van der Waals surface area (Å²) in [5, 5.41) is 13.2. The molecule has 9 nitrogen and oxygen atoms in total. The summed E-state index contributed by atoms with van der Waals surface area (Å²) in [7, 11) is 3.01. The van der Waals surface area contributed by atoms with Gasteiger partial charge in [0.25, 0.3) is 5.91 Å². The van der Waals surface area contributed by atoms with E-state index >= 15 is 0 Å². The highest BCUT2D eigenvalue weighted by Gasteiger charge is 2.18. The van der Waals surface area contributed by atoms with Gasteiger partial charge in [-0.25, -0.2) is 9.97 Å². The second kappa shape index (κ2) is 10.2. The predicted octanol–water partition coefficient (Wildman–Crippen LogP) is 4.48. The van der Waals surface area contributed by atoms with Gasteiger partial charge >= 0.3 is 0 Å². The Hall–Kier alpha value is -3.89. The Labute approximate surface area is 193 Å². The third-order valence-corrected chi connectivity index (χ3v) is 5.46. The summed E-state index contributed by atoms with van der Waals surface area (Å²) in [5.41, 5.74) is 0.540. The quantitative estimate of drug-likeness (QED) is 0.347. The lowest BCUT2D eigenvalue weighted by atomic mass is 10.3. The number of ether oxygens (including phenoxy) is 4. The predicted molar refractivity (Wildman–Crippen MR) is 124 cm³/mol. The number of nitrogens with one attached hydrogen (secondary N) is 1. The number of aromatic hydroxyl groups is 1.